The van der Waals surface area contributed by atoms with E-state index in [2.05, 4.69) is 5.32 Å². The molecule has 0 radical (unpaired) electrons. The van der Waals surface area contributed by atoms with E-state index in [1.165, 1.54) is 0 Å². The number of nitrogens with zero attached hydrogens (tertiary/aromatic N) is 1. The molecule has 0 saturated carbocycles. The van der Waals surface area contributed by atoms with Gasteiger partial charge < -0.3 is 15.0 Å². The minimum absolute atomic E-state index is 0.0717. The molecule has 2 atom stereocenters. The highest BCUT2D eigenvalue weighted by molar-refractivity contribution is 5.88. The number of ether oxygens (including phenoxy) is 1. The molecule has 1 N–H and O–H groups in total. The second-order valence-corrected chi connectivity index (χ2v) is 7.53. The normalized spacial score (nSPS) is 12.7. The van der Waals surface area contributed by atoms with Gasteiger partial charge in [-0.1, -0.05) is 48.9 Å². The molecule has 2 rings (SSSR count). The van der Waals surface area contributed by atoms with Crippen LogP contribution in [0.5, 0.6) is 5.75 Å². The summed E-state index contributed by atoms with van der Waals surface area (Å²) in [6.45, 7) is 8.20. The van der Waals surface area contributed by atoms with Crippen molar-refractivity contribution in [2.45, 2.75) is 59.2 Å². The molecule has 0 saturated heterocycles. The maximum atomic E-state index is 13.2. The molecule has 0 aromatic heterocycles. The fourth-order valence-corrected chi connectivity index (χ4v) is 3.07. The third-order valence-electron chi connectivity index (χ3n) is 5.12. The van der Waals surface area contributed by atoms with Crippen LogP contribution in [0.25, 0.3) is 0 Å². The summed E-state index contributed by atoms with van der Waals surface area (Å²) in [5, 5.41) is 2.99. The Balaban J connectivity index is 2.21. The molecule has 0 aliphatic rings. The minimum Gasteiger partial charge on any atom is -0.497 e. The molecule has 0 aliphatic carbocycles. The highest BCUT2D eigenvalue weighted by Crippen LogP contribution is 2.16. The van der Waals surface area contributed by atoms with Gasteiger partial charge in [0.05, 0.1) is 13.5 Å². The molecule has 0 bridgehead atoms. The van der Waals surface area contributed by atoms with Crippen LogP contribution < -0.4 is 10.1 Å². The van der Waals surface area contributed by atoms with Crippen LogP contribution in [0.1, 0.15) is 43.9 Å². The second kappa shape index (κ2) is 10.6. The molecule has 0 unspecified atom stereocenters. The molecule has 156 valence electrons. The summed E-state index contributed by atoms with van der Waals surface area (Å²) in [6.07, 6.45) is 1.08. The lowest BCUT2D eigenvalue weighted by Crippen LogP contribution is -2.49. The molecular weight excluding hydrogens is 364 g/mol. The molecule has 0 spiro atoms. The van der Waals surface area contributed by atoms with Crippen molar-refractivity contribution in [1.29, 1.82) is 0 Å². The fraction of sp³-hybridized carbons (Fsp3) is 0.417. The van der Waals surface area contributed by atoms with Gasteiger partial charge in [0.1, 0.15) is 11.8 Å². The Morgan fingerprint density at radius 2 is 1.76 bits per heavy atom. The average Bonchev–Trinajstić information content (AvgIpc) is 2.71. The lowest BCUT2D eigenvalue weighted by atomic mass is 10.1. The van der Waals surface area contributed by atoms with Crippen LogP contribution in [0.15, 0.2) is 48.5 Å². The number of methoxy groups -OCH3 is 1. The lowest BCUT2D eigenvalue weighted by molar-refractivity contribution is -0.140. The Morgan fingerprint density at radius 1 is 1.07 bits per heavy atom. The summed E-state index contributed by atoms with van der Waals surface area (Å²) in [7, 11) is 1.61. The number of aryl methyl sites for hydroxylation is 1. The van der Waals surface area contributed by atoms with E-state index < -0.39 is 6.04 Å². The Kier molecular flexibility index (Phi) is 8.25. The molecule has 0 fully saturated rings. The number of rotatable bonds is 9. The SMILES string of the molecule is CC[C@@H](C)NC(=O)[C@H](C)N(Cc1cccc(C)c1)C(=O)Cc1ccc(OC)cc1. The van der Waals surface area contributed by atoms with Crippen molar-refractivity contribution in [3.8, 4) is 5.75 Å². The Bertz CT molecular complexity index is 817. The molecular formula is C24H32N2O3. The van der Waals surface area contributed by atoms with E-state index in [-0.39, 0.29) is 24.3 Å². The van der Waals surface area contributed by atoms with Gasteiger partial charge in [-0.3, -0.25) is 9.59 Å². The van der Waals surface area contributed by atoms with Crippen molar-refractivity contribution in [1.82, 2.24) is 10.2 Å². The molecule has 29 heavy (non-hydrogen) atoms. The van der Waals surface area contributed by atoms with E-state index in [0.29, 0.717) is 6.54 Å². The van der Waals surface area contributed by atoms with Crippen LogP contribution in [0.2, 0.25) is 0 Å². The third kappa shape index (κ3) is 6.63. The standard InChI is InChI=1S/C24H32N2O3/c1-6-18(3)25-24(28)19(4)26(16-21-9-7-8-17(2)14-21)23(27)15-20-10-12-22(29-5)13-11-20/h7-14,18-19H,6,15-16H2,1-5H3,(H,25,28)/t18-,19+/m1/s1. The first-order valence-corrected chi connectivity index (χ1v) is 10.1. The topological polar surface area (TPSA) is 58.6 Å². The number of carbonyl (C=O) groups excluding carboxylic acids is 2. The predicted octanol–water partition coefficient (Wildman–Crippen LogP) is 3.88. The summed E-state index contributed by atoms with van der Waals surface area (Å²) in [4.78, 5) is 27.6. The van der Waals surface area contributed by atoms with Crippen LogP contribution >= 0.6 is 0 Å². The van der Waals surface area contributed by atoms with E-state index in [4.69, 9.17) is 4.74 Å². The lowest BCUT2D eigenvalue weighted by Gasteiger charge is -2.30. The van der Waals surface area contributed by atoms with Gasteiger partial charge in [0, 0.05) is 12.6 Å². The van der Waals surface area contributed by atoms with Crippen molar-refractivity contribution >= 4 is 11.8 Å². The number of amides is 2. The number of nitrogens with one attached hydrogen (secondary N) is 1. The van der Waals surface area contributed by atoms with Gasteiger partial charge in [0.2, 0.25) is 11.8 Å². The molecule has 2 amide bonds. The largest absolute Gasteiger partial charge is 0.497 e. The van der Waals surface area contributed by atoms with Crippen molar-refractivity contribution in [3.63, 3.8) is 0 Å². The van der Waals surface area contributed by atoms with E-state index in [9.17, 15) is 9.59 Å². The quantitative estimate of drug-likeness (QED) is 0.700. The van der Waals surface area contributed by atoms with Gasteiger partial charge in [-0.25, -0.2) is 0 Å². The van der Waals surface area contributed by atoms with Gasteiger partial charge in [-0.05, 0) is 50.5 Å². The van der Waals surface area contributed by atoms with Gasteiger partial charge in [0.15, 0.2) is 0 Å². The molecule has 2 aromatic carbocycles. The van der Waals surface area contributed by atoms with E-state index in [1.54, 1.807) is 18.9 Å². The molecule has 2 aromatic rings. The Labute approximate surface area is 174 Å². The van der Waals surface area contributed by atoms with E-state index >= 15 is 0 Å². The summed E-state index contributed by atoms with van der Waals surface area (Å²) < 4.78 is 5.18. The highest BCUT2D eigenvalue weighted by Gasteiger charge is 2.26. The first-order chi connectivity index (χ1) is 13.8. The summed E-state index contributed by atoms with van der Waals surface area (Å²) in [6, 6.07) is 15.0. The molecule has 5 heteroatoms. The van der Waals surface area contributed by atoms with Crippen LogP contribution in [0, 0.1) is 6.92 Å². The van der Waals surface area contributed by atoms with Gasteiger partial charge >= 0.3 is 0 Å². The zero-order valence-electron chi connectivity index (χ0n) is 18.1. The maximum absolute atomic E-state index is 13.2. The van der Waals surface area contributed by atoms with Gasteiger partial charge in [-0.15, -0.1) is 0 Å². The van der Waals surface area contributed by atoms with E-state index in [1.807, 2.05) is 69.3 Å². The van der Waals surface area contributed by atoms with Crippen molar-refractivity contribution in [2.75, 3.05) is 7.11 Å². The van der Waals surface area contributed by atoms with Gasteiger partial charge in [-0.2, -0.15) is 0 Å². The van der Waals surface area contributed by atoms with Crippen LogP contribution in [-0.2, 0) is 22.6 Å². The monoisotopic (exact) mass is 396 g/mol. The van der Waals surface area contributed by atoms with Gasteiger partial charge in [0.25, 0.3) is 0 Å². The summed E-state index contributed by atoms with van der Waals surface area (Å²) in [5.74, 6) is 0.540. The second-order valence-electron chi connectivity index (χ2n) is 7.53. The minimum atomic E-state index is -0.560. The summed E-state index contributed by atoms with van der Waals surface area (Å²) in [5.41, 5.74) is 3.03. The molecule has 5 nitrogen and oxygen atoms in total. The molecule has 0 aliphatic heterocycles. The maximum Gasteiger partial charge on any atom is 0.242 e. The number of hydrogen-bond donors (Lipinski definition) is 1. The van der Waals surface area contributed by atoms with Crippen molar-refractivity contribution < 1.29 is 14.3 Å². The Hall–Kier alpha value is -2.82. The van der Waals surface area contributed by atoms with Crippen molar-refractivity contribution in [3.05, 3.63) is 65.2 Å². The number of carbonyl (C=O) groups is 2. The first-order valence-electron chi connectivity index (χ1n) is 10.1. The first kappa shape index (κ1) is 22.5. The smallest absolute Gasteiger partial charge is 0.242 e. The average molecular weight is 397 g/mol. The van der Waals surface area contributed by atoms with Crippen LogP contribution in [-0.4, -0.2) is 35.9 Å². The Morgan fingerprint density at radius 3 is 2.34 bits per heavy atom. The zero-order chi connectivity index (χ0) is 21.4. The third-order valence-corrected chi connectivity index (χ3v) is 5.12. The fourth-order valence-electron chi connectivity index (χ4n) is 3.07. The predicted molar refractivity (Wildman–Crippen MR) is 116 cm³/mol. The summed E-state index contributed by atoms with van der Waals surface area (Å²) >= 11 is 0. The van der Waals surface area contributed by atoms with Crippen LogP contribution in [0.3, 0.4) is 0 Å². The van der Waals surface area contributed by atoms with E-state index in [0.717, 1.165) is 28.9 Å². The number of hydrogen-bond acceptors (Lipinski definition) is 3. The highest BCUT2D eigenvalue weighted by atomic mass is 16.5. The number of benzene rings is 2. The van der Waals surface area contributed by atoms with Crippen LogP contribution in [0.4, 0.5) is 0 Å². The van der Waals surface area contributed by atoms with Crippen molar-refractivity contribution in [2.24, 2.45) is 0 Å². The zero-order valence-corrected chi connectivity index (χ0v) is 18.1. The molecule has 0 heterocycles.